The molecule has 3 amide bonds. The molecule has 1 aliphatic carbocycles. The topological polar surface area (TPSA) is 78.5 Å². The lowest BCUT2D eigenvalue weighted by Crippen LogP contribution is -2.42. The Morgan fingerprint density at radius 2 is 1.72 bits per heavy atom. The number of carbonyl (C=O) groups is 3. The summed E-state index contributed by atoms with van der Waals surface area (Å²) < 4.78 is 0. The van der Waals surface area contributed by atoms with Gasteiger partial charge in [0.15, 0.2) is 0 Å². The molecule has 0 saturated heterocycles. The Morgan fingerprint density at radius 3 is 2.44 bits per heavy atom. The number of halogens is 1. The zero-order chi connectivity index (χ0) is 22.7. The molecule has 2 aromatic rings. The first kappa shape index (κ1) is 22.1. The van der Waals surface area contributed by atoms with Gasteiger partial charge in [0.05, 0.1) is 6.04 Å². The molecule has 0 bridgehead atoms. The molecule has 1 atom stereocenters. The van der Waals surface area contributed by atoms with Gasteiger partial charge in [-0.15, -0.1) is 0 Å². The highest BCUT2D eigenvalue weighted by atomic mass is 35.5. The van der Waals surface area contributed by atoms with Crippen LogP contribution in [0.1, 0.15) is 61.0 Å². The molecule has 1 aliphatic heterocycles. The molecule has 7 heteroatoms. The van der Waals surface area contributed by atoms with Crippen molar-refractivity contribution >= 4 is 35.0 Å². The molecular weight excluding hydrogens is 426 g/mol. The monoisotopic (exact) mass is 451 g/mol. The fraction of sp³-hybridized carbons (Fsp3) is 0.320. The van der Waals surface area contributed by atoms with Crippen LogP contribution in [0.15, 0.2) is 65.3 Å². The van der Waals surface area contributed by atoms with Crippen molar-refractivity contribution in [1.82, 2.24) is 10.2 Å². The smallest absolute Gasteiger partial charge is 0.279 e. The lowest BCUT2D eigenvalue weighted by molar-refractivity contribution is -0.140. The minimum absolute atomic E-state index is 0.0671. The maximum Gasteiger partial charge on any atom is 0.279 e. The van der Waals surface area contributed by atoms with E-state index in [4.69, 9.17) is 11.6 Å². The van der Waals surface area contributed by atoms with Crippen LogP contribution >= 0.6 is 11.6 Å². The number of hydrogen-bond donors (Lipinski definition) is 2. The Bertz CT molecular complexity index is 1060. The molecular formula is C25H26ClN3O3. The van der Waals surface area contributed by atoms with Gasteiger partial charge in [-0.1, -0.05) is 67.3 Å². The van der Waals surface area contributed by atoms with Crippen LogP contribution < -0.4 is 10.6 Å². The summed E-state index contributed by atoms with van der Waals surface area (Å²) in [5.74, 6) is -1.08. The van der Waals surface area contributed by atoms with Crippen molar-refractivity contribution in [2.24, 2.45) is 0 Å². The molecule has 6 nitrogen and oxygen atoms in total. The zero-order valence-corrected chi connectivity index (χ0v) is 18.7. The number of hydrogen-bond acceptors (Lipinski definition) is 4. The summed E-state index contributed by atoms with van der Waals surface area (Å²) in [5, 5.41) is 5.85. The molecule has 2 aromatic carbocycles. The van der Waals surface area contributed by atoms with Crippen LogP contribution in [-0.2, 0) is 9.59 Å². The summed E-state index contributed by atoms with van der Waals surface area (Å²) in [4.78, 5) is 39.7. The van der Waals surface area contributed by atoms with E-state index in [0.717, 1.165) is 37.7 Å². The Hall–Kier alpha value is -3.12. The maximum atomic E-state index is 13.0. The second-order valence-corrected chi connectivity index (χ2v) is 8.65. The first-order valence-electron chi connectivity index (χ1n) is 11.0. The Labute approximate surface area is 192 Å². The highest BCUT2D eigenvalue weighted by Gasteiger charge is 2.42. The van der Waals surface area contributed by atoms with Gasteiger partial charge in [0, 0.05) is 17.3 Å². The Balaban J connectivity index is 1.47. The molecule has 1 fully saturated rings. The van der Waals surface area contributed by atoms with Gasteiger partial charge in [0.25, 0.3) is 17.7 Å². The second kappa shape index (κ2) is 9.57. The van der Waals surface area contributed by atoms with Gasteiger partial charge in [-0.3, -0.25) is 19.3 Å². The number of imide groups is 1. The first-order chi connectivity index (χ1) is 15.5. The van der Waals surface area contributed by atoms with E-state index in [9.17, 15) is 14.4 Å². The van der Waals surface area contributed by atoms with Gasteiger partial charge in [0.2, 0.25) is 0 Å². The molecule has 166 valence electrons. The van der Waals surface area contributed by atoms with E-state index >= 15 is 0 Å². The van der Waals surface area contributed by atoms with E-state index in [1.165, 1.54) is 4.90 Å². The van der Waals surface area contributed by atoms with Crippen LogP contribution in [0.3, 0.4) is 0 Å². The number of rotatable bonds is 6. The van der Waals surface area contributed by atoms with Gasteiger partial charge in [-0.25, -0.2) is 0 Å². The predicted molar refractivity (Wildman–Crippen MR) is 124 cm³/mol. The van der Waals surface area contributed by atoms with E-state index in [2.05, 4.69) is 10.6 Å². The van der Waals surface area contributed by atoms with Crippen LogP contribution in [-0.4, -0.2) is 28.7 Å². The van der Waals surface area contributed by atoms with Crippen LogP contribution in [0.25, 0.3) is 0 Å². The highest BCUT2D eigenvalue weighted by molar-refractivity contribution is 6.48. The summed E-state index contributed by atoms with van der Waals surface area (Å²) in [6.45, 7) is 1.92. The third kappa shape index (κ3) is 4.55. The van der Waals surface area contributed by atoms with Crippen molar-refractivity contribution in [2.75, 3.05) is 5.32 Å². The van der Waals surface area contributed by atoms with Gasteiger partial charge in [0.1, 0.15) is 10.7 Å². The molecule has 1 saturated carbocycles. The summed E-state index contributed by atoms with van der Waals surface area (Å²) >= 11 is 6.25. The lowest BCUT2D eigenvalue weighted by atomic mass is 9.94. The predicted octanol–water partition coefficient (Wildman–Crippen LogP) is 4.74. The number of nitrogens with one attached hydrogen (secondary N) is 2. The Morgan fingerprint density at radius 1 is 1.00 bits per heavy atom. The molecule has 1 heterocycles. The van der Waals surface area contributed by atoms with Crippen LogP contribution in [0.5, 0.6) is 0 Å². The van der Waals surface area contributed by atoms with Crippen LogP contribution in [0.4, 0.5) is 5.69 Å². The van der Waals surface area contributed by atoms with Crippen molar-refractivity contribution < 1.29 is 14.4 Å². The summed E-state index contributed by atoms with van der Waals surface area (Å²) in [6.07, 6.45) is 4.74. The minimum atomic E-state index is -0.448. The SMILES string of the molecule is C[C@H](NC(=O)c1cccc(NC2=C(Cl)C(=O)N(C3CCCCC3)C2=O)c1)c1ccccc1. The van der Waals surface area contributed by atoms with E-state index in [1.807, 2.05) is 37.3 Å². The first-order valence-corrected chi connectivity index (χ1v) is 11.3. The van der Waals surface area contributed by atoms with Crippen molar-refractivity contribution in [3.05, 3.63) is 76.5 Å². The van der Waals surface area contributed by atoms with Gasteiger partial charge >= 0.3 is 0 Å². The largest absolute Gasteiger partial charge is 0.350 e. The molecule has 2 N–H and O–H groups in total. The summed E-state index contributed by atoms with van der Waals surface area (Å²) in [6, 6.07) is 16.2. The van der Waals surface area contributed by atoms with E-state index in [1.54, 1.807) is 24.3 Å². The van der Waals surface area contributed by atoms with E-state index in [-0.39, 0.29) is 28.7 Å². The Kier molecular flexibility index (Phi) is 6.61. The fourth-order valence-corrected chi connectivity index (χ4v) is 4.51. The molecule has 4 rings (SSSR count). The standard InChI is InChI=1S/C25H26ClN3O3/c1-16(17-9-4-2-5-10-17)27-23(30)18-11-8-12-19(15-18)28-22-21(26)24(31)29(25(22)32)20-13-6-3-7-14-20/h2,4-5,8-12,15-16,20,28H,3,6-7,13-14H2,1H3,(H,27,30)/t16-/m0/s1. The molecule has 0 unspecified atom stereocenters. The van der Waals surface area contributed by atoms with Crippen molar-refractivity contribution in [1.29, 1.82) is 0 Å². The number of benzene rings is 2. The van der Waals surface area contributed by atoms with Crippen LogP contribution in [0.2, 0.25) is 0 Å². The average Bonchev–Trinajstić information content (AvgIpc) is 3.03. The number of amides is 3. The number of anilines is 1. The van der Waals surface area contributed by atoms with Crippen LogP contribution in [0, 0.1) is 0 Å². The van der Waals surface area contributed by atoms with Gasteiger partial charge < -0.3 is 10.6 Å². The normalized spacial score (nSPS) is 18.1. The fourth-order valence-electron chi connectivity index (χ4n) is 4.29. The maximum absolute atomic E-state index is 13.0. The molecule has 0 radical (unpaired) electrons. The highest BCUT2D eigenvalue weighted by Crippen LogP contribution is 2.32. The zero-order valence-electron chi connectivity index (χ0n) is 17.9. The molecule has 0 aromatic heterocycles. The lowest BCUT2D eigenvalue weighted by Gasteiger charge is -2.29. The number of nitrogens with zero attached hydrogens (tertiary/aromatic N) is 1. The number of carbonyl (C=O) groups excluding carboxylic acids is 3. The molecule has 32 heavy (non-hydrogen) atoms. The third-order valence-corrected chi connectivity index (χ3v) is 6.39. The van der Waals surface area contributed by atoms with Gasteiger partial charge in [-0.05, 0) is 43.5 Å². The quantitative estimate of drug-likeness (QED) is 0.622. The minimum Gasteiger partial charge on any atom is -0.350 e. The van der Waals surface area contributed by atoms with E-state index < -0.39 is 11.8 Å². The molecule has 0 spiro atoms. The van der Waals surface area contributed by atoms with Crippen molar-refractivity contribution in [2.45, 2.75) is 51.1 Å². The van der Waals surface area contributed by atoms with Crippen molar-refractivity contribution in [3.8, 4) is 0 Å². The molecule has 2 aliphatic rings. The summed E-state index contributed by atoms with van der Waals surface area (Å²) in [7, 11) is 0. The average molecular weight is 452 g/mol. The van der Waals surface area contributed by atoms with Gasteiger partial charge in [-0.2, -0.15) is 0 Å². The van der Waals surface area contributed by atoms with Crippen molar-refractivity contribution in [3.63, 3.8) is 0 Å². The summed E-state index contributed by atoms with van der Waals surface area (Å²) in [5.41, 5.74) is 2.03. The van der Waals surface area contributed by atoms with E-state index in [0.29, 0.717) is 11.3 Å². The third-order valence-electron chi connectivity index (χ3n) is 6.04. The second-order valence-electron chi connectivity index (χ2n) is 8.27.